The number of aryl methyl sites for hydroxylation is 1. The van der Waals surface area contributed by atoms with E-state index in [1.54, 1.807) is 11.3 Å². The molecule has 0 N–H and O–H groups in total. The molecule has 0 amide bonds. The maximum Gasteiger partial charge on any atom is 0.0897 e. The highest BCUT2D eigenvalue weighted by Crippen LogP contribution is 2.35. The summed E-state index contributed by atoms with van der Waals surface area (Å²) in [5, 5.41) is 3.37. The lowest BCUT2D eigenvalue weighted by Crippen LogP contribution is -2.45. The molecule has 1 aromatic heterocycles. The molecule has 4 rings (SSSR count). The summed E-state index contributed by atoms with van der Waals surface area (Å²) in [4.78, 5) is 9.82. The van der Waals surface area contributed by atoms with Gasteiger partial charge in [-0.2, -0.15) is 0 Å². The summed E-state index contributed by atoms with van der Waals surface area (Å²) in [5.41, 5.74) is 1.52. The van der Waals surface area contributed by atoms with Crippen LogP contribution in [0.15, 0.2) is 5.38 Å². The second-order valence-electron chi connectivity index (χ2n) is 7.36. The van der Waals surface area contributed by atoms with E-state index in [0.29, 0.717) is 11.5 Å². The van der Waals surface area contributed by atoms with Crippen LogP contribution in [0.5, 0.6) is 0 Å². The molecule has 6 heteroatoms. The molecular formula is C17H27N3O2S. The fourth-order valence-corrected chi connectivity index (χ4v) is 4.87. The molecular weight excluding hydrogens is 310 g/mol. The van der Waals surface area contributed by atoms with Crippen LogP contribution >= 0.6 is 11.3 Å². The maximum absolute atomic E-state index is 6.00. The molecule has 128 valence electrons. The van der Waals surface area contributed by atoms with E-state index in [4.69, 9.17) is 9.47 Å². The van der Waals surface area contributed by atoms with E-state index in [-0.39, 0.29) is 0 Å². The van der Waals surface area contributed by atoms with Crippen LogP contribution in [0.2, 0.25) is 0 Å². The van der Waals surface area contributed by atoms with Crippen molar-refractivity contribution in [1.82, 2.24) is 14.8 Å². The molecule has 2 unspecified atom stereocenters. The van der Waals surface area contributed by atoms with Crippen molar-refractivity contribution in [1.29, 1.82) is 0 Å². The van der Waals surface area contributed by atoms with Gasteiger partial charge in [-0.3, -0.25) is 9.80 Å². The van der Waals surface area contributed by atoms with Crippen molar-refractivity contribution in [2.45, 2.75) is 32.4 Å². The highest BCUT2D eigenvalue weighted by Gasteiger charge is 2.42. The van der Waals surface area contributed by atoms with Crippen LogP contribution in [0.1, 0.15) is 23.5 Å². The minimum Gasteiger partial charge on any atom is -0.380 e. The molecule has 0 saturated carbocycles. The van der Waals surface area contributed by atoms with Crippen LogP contribution in [0.4, 0.5) is 0 Å². The van der Waals surface area contributed by atoms with Gasteiger partial charge in [-0.25, -0.2) is 4.98 Å². The van der Waals surface area contributed by atoms with Crippen molar-refractivity contribution in [3.8, 4) is 0 Å². The van der Waals surface area contributed by atoms with Gasteiger partial charge in [0, 0.05) is 49.6 Å². The molecule has 0 aromatic carbocycles. The number of aromatic nitrogens is 1. The van der Waals surface area contributed by atoms with Gasteiger partial charge in [-0.05, 0) is 26.3 Å². The zero-order chi connectivity index (χ0) is 15.7. The van der Waals surface area contributed by atoms with Gasteiger partial charge in [0.25, 0.3) is 0 Å². The van der Waals surface area contributed by atoms with E-state index >= 15 is 0 Å². The second kappa shape index (κ2) is 6.76. The first-order valence-corrected chi connectivity index (χ1v) is 9.63. The maximum atomic E-state index is 6.00. The molecule has 23 heavy (non-hydrogen) atoms. The van der Waals surface area contributed by atoms with Crippen LogP contribution in [-0.4, -0.2) is 73.4 Å². The van der Waals surface area contributed by atoms with Crippen molar-refractivity contribution in [3.63, 3.8) is 0 Å². The Kier molecular flexibility index (Phi) is 4.70. The average molecular weight is 337 g/mol. The summed E-state index contributed by atoms with van der Waals surface area (Å²) in [7, 11) is 0. The Labute approximate surface area is 142 Å². The van der Waals surface area contributed by atoms with Crippen molar-refractivity contribution in [3.05, 3.63) is 16.1 Å². The van der Waals surface area contributed by atoms with Crippen molar-refractivity contribution < 1.29 is 9.47 Å². The largest absolute Gasteiger partial charge is 0.380 e. The summed E-state index contributed by atoms with van der Waals surface area (Å²) >= 11 is 1.75. The quantitative estimate of drug-likeness (QED) is 0.840. The number of hydrogen-bond donors (Lipinski definition) is 0. The van der Waals surface area contributed by atoms with E-state index in [2.05, 4.69) is 27.1 Å². The van der Waals surface area contributed by atoms with Gasteiger partial charge in [0.05, 0.1) is 30.5 Å². The average Bonchev–Trinajstić information content (AvgIpc) is 3.23. The molecule has 4 heterocycles. The van der Waals surface area contributed by atoms with Gasteiger partial charge in [-0.1, -0.05) is 0 Å². The van der Waals surface area contributed by atoms with E-state index < -0.39 is 0 Å². The molecule has 3 saturated heterocycles. The normalized spacial score (nSPS) is 33.5. The molecule has 3 aliphatic rings. The molecule has 5 nitrogen and oxygen atoms in total. The number of thiazole rings is 1. The standard InChI is InChI=1S/C17H27N3O2S/c1-14-18-15(10-23-14)8-19-4-3-17(11-19)12-20(5-7-22-13-17)16-2-6-21-9-16/h10,16H,2-9,11-13H2,1H3. The molecule has 0 bridgehead atoms. The van der Waals surface area contributed by atoms with E-state index in [1.807, 2.05) is 0 Å². The molecule has 3 aliphatic heterocycles. The fraction of sp³-hybridized carbons (Fsp3) is 0.824. The third-order valence-electron chi connectivity index (χ3n) is 5.46. The highest BCUT2D eigenvalue weighted by molar-refractivity contribution is 7.09. The number of likely N-dealkylation sites (tertiary alicyclic amines) is 1. The molecule has 2 atom stereocenters. The van der Waals surface area contributed by atoms with Crippen LogP contribution in [0, 0.1) is 12.3 Å². The van der Waals surface area contributed by atoms with Crippen LogP contribution in [0.25, 0.3) is 0 Å². The first kappa shape index (κ1) is 16.0. The first-order valence-electron chi connectivity index (χ1n) is 8.75. The van der Waals surface area contributed by atoms with Gasteiger partial charge in [0.2, 0.25) is 0 Å². The van der Waals surface area contributed by atoms with Crippen molar-refractivity contribution >= 4 is 11.3 Å². The predicted octanol–water partition coefficient (Wildman–Crippen LogP) is 1.76. The van der Waals surface area contributed by atoms with Crippen LogP contribution < -0.4 is 0 Å². The van der Waals surface area contributed by atoms with Crippen molar-refractivity contribution in [2.75, 3.05) is 52.6 Å². The highest BCUT2D eigenvalue weighted by atomic mass is 32.1. The lowest BCUT2D eigenvalue weighted by molar-refractivity contribution is 0.0683. The summed E-state index contributed by atoms with van der Waals surface area (Å²) in [6.45, 7) is 11.2. The van der Waals surface area contributed by atoms with Crippen molar-refractivity contribution in [2.24, 2.45) is 5.41 Å². The Morgan fingerprint density at radius 2 is 2.26 bits per heavy atom. The zero-order valence-electron chi connectivity index (χ0n) is 14.0. The second-order valence-corrected chi connectivity index (χ2v) is 8.42. The number of rotatable bonds is 3. The molecule has 0 radical (unpaired) electrons. The summed E-state index contributed by atoms with van der Waals surface area (Å²) in [5.74, 6) is 0. The molecule has 3 fully saturated rings. The Bertz CT molecular complexity index is 532. The predicted molar refractivity (Wildman–Crippen MR) is 90.8 cm³/mol. The topological polar surface area (TPSA) is 37.8 Å². The molecule has 1 aromatic rings. The number of ether oxygens (including phenoxy) is 2. The van der Waals surface area contributed by atoms with Gasteiger partial charge < -0.3 is 9.47 Å². The Hall–Kier alpha value is -0.530. The Morgan fingerprint density at radius 3 is 3.04 bits per heavy atom. The van der Waals surface area contributed by atoms with Gasteiger partial charge in [-0.15, -0.1) is 11.3 Å². The van der Waals surface area contributed by atoms with Gasteiger partial charge >= 0.3 is 0 Å². The molecule has 1 spiro atoms. The van der Waals surface area contributed by atoms with Gasteiger partial charge in [0.15, 0.2) is 0 Å². The SMILES string of the molecule is Cc1nc(CN2CCC3(COCCN(C4CCOC4)C3)C2)cs1. The van der Waals surface area contributed by atoms with E-state index in [1.165, 1.54) is 23.5 Å². The summed E-state index contributed by atoms with van der Waals surface area (Å²) < 4.78 is 11.6. The Morgan fingerprint density at radius 1 is 1.30 bits per heavy atom. The lowest BCUT2D eigenvalue weighted by atomic mass is 9.87. The van der Waals surface area contributed by atoms with Crippen LogP contribution in [-0.2, 0) is 16.0 Å². The van der Waals surface area contributed by atoms with Crippen LogP contribution in [0.3, 0.4) is 0 Å². The zero-order valence-corrected chi connectivity index (χ0v) is 14.8. The van der Waals surface area contributed by atoms with Gasteiger partial charge in [0.1, 0.15) is 0 Å². The van der Waals surface area contributed by atoms with E-state index in [0.717, 1.165) is 59.2 Å². The third kappa shape index (κ3) is 3.61. The monoisotopic (exact) mass is 337 g/mol. The van der Waals surface area contributed by atoms with E-state index in [9.17, 15) is 0 Å². The third-order valence-corrected chi connectivity index (χ3v) is 6.28. The Balaban J connectivity index is 1.40. The minimum atomic E-state index is 0.296. The smallest absolute Gasteiger partial charge is 0.0897 e. The fourth-order valence-electron chi connectivity index (χ4n) is 4.27. The lowest BCUT2D eigenvalue weighted by Gasteiger charge is -2.34. The minimum absolute atomic E-state index is 0.296. The number of hydrogen-bond acceptors (Lipinski definition) is 6. The number of nitrogens with zero attached hydrogens (tertiary/aromatic N) is 3. The summed E-state index contributed by atoms with van der Waals surface area (Å²) in [6.07, 6.45) is 2.41. The molecule has 0 aliphatic carbocycles. The summed E-state index contributed by atoms with van der Waals surface area (Å²) in [6, 6.07) is 0.601. The first-order chi connectivity index (χ1) is 11.2.